The molecular weight excluding hydrogens is 236 g/mol. The normalized spacial score (nSPS) is 10.3. The molecule has 0 fully saturated rings. The minimum Gasteiger partial charge on any atom is -0.489 e. The van der Waals surface area contributed by atoms with Gasteiger partial charge in [-0.2, -0.15) is 11.8 Å². The van der Waals surface area contributed by atoms with Crippen LogP contribution in [0, 0.1) is 0 Å². The maximum atomic E-state index is 11.7. The summed E-state index contributed by atoms with van der Waals surface area (Å²) in [4.78, 5) is 15.6. The van der Waals surface area contributed by atoms with Gasteiger partial charge in [0.25, 0.3) is 5.56 Å². The highest BCUT2D eigenvalue weighted by Gasteiger charge is 2.09. The first-order chi connectivity index (χ1) is 7.20. The maximum Gasteiger partial charge on any atom is 0.297 e. The minimum atomic E-state index is -0.228. The summed E-state index contributed by atoms with van der Waals surface area (Å²) in [5.41, 5.74) is -0.228. The highest BCUT2D eigenvalue weighted by Crippen LogP contribution is 2.14. The first kappa shape index (κ1) is 12.4. The fourth-order valence-electron chi connectivity index (χ4n) is 1.09. The van der Waals surface area contributed by atoms with Gasteiger partial charge in [-0.25, -0.2) is 4.98 Å². The van der Waals surface area contributed by atoms with Crippen LogP contribution in [0.2, 0.25) is 5.15 Å². The second-order valence-corrected chi connectivity index (χ2v) is 4.52. The molecule has 0 unspecified atom stereocenters. The Balaban J connectivity index is 2.86. The van der Waals surface area contributed by atoms with E-state index < -0.39 is 0 Å². The van der Waals surface area contributed by atoms with Gasteiger partial charge in [-0.3, -0.25) is 9.36 Å². The van der Waals surface area contributed by atoms with Crippen molar-refractivity contribution in [3.05, 3.63) is 21.8 Å². The van der Waals surface area contributed by atoms with Gasteiger partial charge >= 0.3 is 0 Å². The van der Waals surface area contributed by atoms with Crippen LogP contribution in [-0.2, 0) is 6.54 Å². The van der Waals surface area contributed by atoms with Gasteiger partial charge in [-0.15, -0.1) is 0 Å². The Labute approximate surface area is 97.6 Å². The zero-order valence-corrected chi connectivity index (χ0v) is 10.3. The van der Waals surface area contributed by atoms with E-state index in [4.69, 9.17) is 16.3 Å². The van der Waals surface area contributed by atoms with Crippen LogP contribution in [0.5, 0.6) is 5.75 Å². The first-order valence-corrected chi connectivity index (χ1v) is 6.10. The number of aromatic nitrogens is 2. The molecule has 1 aromatic heterocycles. The van der Waals surface area contributed by atoms with Crippen molar-refractivity contribution in [1.29, 1.82) is 0 Å². The van der Waals surface area contributed by atoms with E-state index in [0.717, 1.165) is 11.5 Å². The molecule has 1 aromatic rings. The summed E-state index contributed by atoms with van der Waals surface area (Å²) in [6, 6.07) is 0. The second kappa shape index (κ2) is 6.02. The van der Waals surface area contributed by atoms with Crippen molar-refractivity contribution < 1.29 is 4.74 Å². The van der Waals surface area contributed by atoms with E-state index in [1.165, 1.54) is 18.0 Å². The van der Waals surface area contributed by atoms with Crippen molar-refractivity contribution >= 4 is 23.4 Å². The molecule has 0 aromatic carbocycles. The Hall–Kier alpha value is -0.680. The third kappa shape index (κ3) is 3.14. The molecule has 1 heterocycles. The van der Waals surface area contributed by atoms with Gasteiger partial charge in [0.15, 0.2) is 5.15 Å². The van der Waals surface area contributed by atoms with E-state index in [-0.39, 0.29) is 16.5 Å². The molecule has 1 rings (SSSR count). The molecule has 0 aliphatic heterocycles. The topological polar surface area (TPSA) is 44.1 Å². The Morgan fingerprint density at radius 2 is 2.40 bits per heavy atom. The number of nitrogens with zero attached hydrogens (tertiary/aromatic N) is 2. The lowest BCUT2D eigenvalue weighted by Gasteiger charge is -2.07. The van der Waals surface area contributed by atoms with E-state index in [9.17, 15) is 4.79 Å². The van der Waals surface area contributed by atoms with Crippen LogP contribution >= 0.6 is 23.4 Å². The van der Waals surface area contributed by atoms with Gasteiger partial charge < -0.3 is 4.74 Å². The van der Waals surface area contributed by atoms with Crippen LogP contribution in [0.15, 0.2) is 11.1 Å². The fourth-order valence-corrected chi connectivity index (χ4v) is 1.90. The minimum absolute atomic E-state index is 0.112. The molecule has 6 heteroatoms. The molecule has 0 spiro atoms. The Kier molecular flexibility index (Phi) is 4.98. The van der Waals surface area contributed by atoms with Crippen LogP contribution in [-0.4, -0.2) is 28.2 Å². The maximum absolute atomic E-state index is 11.7. The number of hydrogen-bond acceptors (Lipinski definition) is 4. The van der Waals surface area contributed by atoms with Crippen LogP contribution < -0.4 is 10.3 Å². The molecule has 0 aliphatic rings. The highest BCUT2D eigenvalue weighted by atomic mass is 35.5. The highest BCUT2D eigenvalue weighted by molar-refractivity contribution is 7.99. The van der Waals surface area contributed by atoms with Crippen molar-refractivity contribution in [2.75, 3.05) is 18.6 Å². The molecule has 0 bridgehead atoms. The number of methoxy groups -OCH3 is 1. The van der Waals surface area contributed by atoms with Gasteiger partial charge in [0.1, 0.15) is 0 Å². The predicted octanol–water partition coefficient (Wildman–Crippen LogP) is 1.66. The lowest BCUT2D eigenvalue weighted by molar-refractivity contribution is 0.400. The van der Waals surface area contributed by atoms with Gasteiger partial charge in [0.05, 0.1) is 13.4 Å². The Morgan fingerprint density at radius 1 is 1.67 bits per heavy atom. The fraction of sp³-hybridized carbons (Fsp3) is 0.556. The molecule has 0 N–H and O–H groups in total. The van der Waals surface area contributed by atoms with Crippen molar-refractivity contribution in [2.24, 2.45) is 0 Å². The lowest BCUT2D eigenvalue weighted by Crippen LogP contribution is -2.23. The molecular formula is C9H13ClN2O2S. The number of rotatable bonds is 5. The molecule has 0 radical (unpaired) electrons. The van der Waals surface area contributed by atoms with Crippen molar-refractivity contribution in [2.45, 2.75) is 13.5 Å². The van der Waals surface area contributed by atoms with Gasteiger partial charge in [-0.05, 0) is 5.75 Å². The monoisotopic (exact) mass is 248 g/mol. The molecule has 0 amide bonds. The summed E-state index contributed by atoms with van der Waals surface area (Å²) in [6.45, 7) is 2.70. The van der Waals surface area contributed by atoms with E-state index in [1.54, 1.807) is 11.8 Å². The third-order valence-corrected chi connectivity index (χ3v) is 2.99. The second-order valence-electron chi connectivity index (χ2n) is 2.76. The summed E-state index contributed by atoms with van der Waals surface area (Å²) in [5.74, 6) is 2.02. The summed E-state index contributed by atoms with van der Waals surface area (Å²) in [5, 5.41) is 0.113. The lowest BCUT2D eigenvalue weighted by atomic mass is 10.5. The SMILES string of the molecule is CCSCCn1cnc(Cl)c(OC)c1=O. The van der Waals surface area contributed by atoms with Gasteiger partial charge in [-0.1, -0.05) is 18.5 Å². The zero-order valence-electron chi connectivity index (χ0n) is 8.70. The smallest absolute Gasteiger partial charge is 0.297 e. The van der Waals surface area contributed by atoms with Crippen LogP contribution in [0.1, 0.15) is 6.92 Å². The van der Waals surface area contributed by atoms with Crippen molar-refractivity contribution in [1.82, 2.24) is 9.55 Å². The van der Waals surface area contributed by atoms with E-state index >= 15 is 0 Å². The average molecular weight is 249 g/mol. The summed E-state index contributed by atoms with van der Waals surface area (Å²) >= 11 is 7.48. The number of hydrogen-bond donors (Lipinski definition) is 0. The quantitative estimate of drug-likeness (QED) is 0.587. The van der Waals surface area contributed by atoms with Crippen molar-refractivity contribution in [3.63, 3.8) is 0 Å². The van der Waals surface area contributed by atoms with E-state index in [0.29, 0.717) is 6.54 Å². The predicted molar refractivity (Wildman–Crippen MR) is 63.1 cm³/mol. The van der Waals surface area contributed by atoms with E-state index in [2.05, 4.69) is 11.9 Å². The van der Waals surface area contributed by atoms with Crippen LogP contribution in [0.4, 0.5) is 0 Å². The van der Waals surface area contributed by atoms with Crippen LogP contribution in [0.25, 0.3) is 0 Å². The number of ether oxygens (including phenoxy) is 1. The van der Waals surface area contributed by atoms with Gasteiger partial charge in [0.2, 0.25) is 5.75 Å². The molecule has 4 nitrogen and oxygen atoms in total. The molecule has 0 saturated carbocycles. The Bertz CT molecular complexity index is 381. The van der Waals surface area contributed by atoms with Crippen LogP contribution in [0.3, 0.4) is 0 Å². The number of thioether (sulfide) groups is 1. The summed E-state index contributed by atoms with van der Waals surface area (Å²) < 4.78 is 6.40. The number of halogens is 1. The summed E-state index contributed by atoms with van der Waals surface area (Å²) in [7, 11) is 1.41. The molecule has 0 atom stereocenters. The Morgan fingerprint density at radius 3 is 3.00 bits per heavy atom. The molecule has 84 valence electrons. The van der Waals surface area contributed by atoms with E-state index in [1.807, 2.05) is 0 Å². The third-order valence-electron chi connectivity index (χ3n) is 1.84. The van der Waals surface area contributed by atoms with Gasteiger partial charge in [0, 0.05) is 12.3 Å². The largest absolute Gasteiger partial charge is 0.489 e. The standard InChI is InChI=1S/C9H13ClN2O2S/c1-3-15-5-4-12-6-11-8(10)7(14-2)9(12)13/h6H,3-5H2,1-2H3. The zero-order chi connectivity index (χ0) is 11.3. The summed E-state index contributed by atoms with van der Waals surface area (Å²) in [6.07, 6.45) is 1.45. The number of aryl methyl sites for hydroxylation is 1. The molecule has 0 aliphatic carbocycles. The molecule has 15 heavy (non-hydrogen) atoms. The molecule has 0 saturated heterocycles. The van der Waals surface area contributed by atoms with Crippen molar-refractivity contribution in [3.8, 4) is 5.75 Å². The average Bonchev–Trinajstić information content (AvgIpc) is 2.22. The first-order valence-electron chi connectivity index (χ1n) is 4.57.